The zero-order chi connectivity index (χ0) is 13.0. The number of methoxy groups -OCH3 is 1. The standard InChI is InChI=1S/C15H24N2O/c1-12(13-6-4-3-5-7-13)17-15(10-16,11-18-2)14-8-9-14/h3-7,12,14,17H,8-11,16H2,1-2H3. The fourth-order valence-electron chi connectivity index (χ4n) is 2.71. The van der Waals surface area contributed by atoms with Gasteiger partial charge < -0.3 is 15.8 Å². The molecule has 3 heteroatoms. The number of nitrogens with two attached hydrogens (primary N) is 1. The number of rotatable bonds is 7. The molecule has 2 unspecified atom stereocenters. The van der Waals surface area contributed by atoms with Gasteiger partial charge >= 0.3 is 0 Å². The molecule has 2 rings (SSSR count). The number of hydrogen-bond acceptors (Lipinski definition) is 3. The van der Waals surface area contributed by atoms with Crippen LogP contribution in [0.15, 0.2) is 30.3 Å². The summed E-state index contributed by atoms with van der Waals surface area (Å²) >= 11 is 0. The molecular formula is C15H24N2O. The maximum atomic E-state index is 6.02. The first-order valence-electron chi connectivity index (χ1n) is 6.73. The molecule has 1 aromatic carbocycles. The minimum absolute atomic E-state index is 0.0655. The quantitative estimate of drug-likeness (QED) is 0.777. The van der Waals surface area contributed by atoms with Crippen molar-refractivity contribution in [2.45, 2.75) is 31.3 Å². The first-order chi connectivity index (χ1) is 8.72. The maximum absolute atomic E-state index is 6.02. The van der Waals surface area contributed by atoms with Gasteiger partial charge in [-0.05, 0) is 31.2 Å². The molecule has 3 nitrogen and oxygen atoms in total. The first kappa shape index (κ1) is 13.5. The highest BCUT2D eigenvalue weighted by Gasteiger charge is 2.44. The lowest BCUT2D eigenvalue weighted by atomic mass is 9.92. The summed E-state index contributed by atoms with van der Waals surface area (Å²) in [6.45, 7) is 3.51. The number of ether oxygens (including phenoxy) is 1. The predicted octanol–water partition coefficient (Wildman–Crippen LogP) is 2.09. The van der Waals surface area contributed by atoms with Crippen LogP contribution in [0.25, 0.3) is 0 Å². The Bertz CT molecular complexity index is 364. The predicted molar refractivity (Wildman–Crippen MR) is 74.4 cm³/mol. The topological polar surface area (TPSA) is 47.3 Å². The molecule has 0 bridgehead atoms. The second kappa shape index (κ2) is 5.83. The van der Waals surface area contributed by atoms with Gasteiger partial charge in [0.1, 0.15) is 0 Å². The van der Waals surface area contributed by atoms with Crippen molar-refractivity contribution in [2.24, 2.45) is 11.7 Å². The third-order valence-corrected chi connectivity index (χ3v) is 3.93. The van der Waals surface area contributed by atoms with E-state index in [0.717, 1.165) is 0 Å². The van der Waals surface area contributed by atoms with Gasteiger partial charge in [-0.25, -0.2) is 0 Å². The van der Waals surface area contributed by atoms with Gasteiger partial charge in [0.25, 0.3) is 0 Å². The van der Waals surface area contributed by atoms with Gasteiger partial charge in [0.15, 0.2) is 0 Å². The summed E-state index contributed by atoms with van der Waals surface area (Å²) in [7, 11) is 1.75. The van der Waals surface area contributed by atoms with Crippen LogP contribution in [0.2, 0.25) is 0 Å². The molecule has 100 valence electrons. The van der Waals surface area contributed by atoms with Gasteiger partial charge in [0.2, 0.25) is 0 Å². The SMILES string of the molecule is COCC(CN)(NC(C)c1ccccc1)C1CC1. The van der Waals surface area contributed by atoms with Crippen molar-refractivity contribution in [1.29, 1.82) is 0 Å². The highest BCUT2D eigenvalue weighted by Crippen LogP contribution is 2.40. The Morgan fingerprint density at radius 3 is 2.56 bits per heavy atom. The zero-order valence-electron chi connectivity index (χ0n) is 11.4. The van der Waals surface area contributed by atoms with E-state index in [4.69, 9.17) is 10.5 Å². The van der Waals surface area contributed by atoms with Crippen LogP contribution >= 0.6 is 0 Å². The van der Waals surface area contributed by atoms with E-state index in [-0.39, 0.29) is 5.54 Å². The lowest BCUT2D eigenvalue weighted by molar-refractivity contribution is 0.0912. The van der Waals surface area contributed by atoms with Crippen molar-refractivity contribution in [1.82, 2.24) is 5.32 Å². The molecule has 3 N–H and O–H groups in total. The fourth-order valence-corrected chi connectivity index (χ4v) is 2.71. The Hall–Kier alpha value is -0.900. The van der Waals surface area contributed by atoms with Crippen molar-refractivity contribution >= 4 is 0 Å². The fraction of sp³-hybridized carbons (Fsp3) is 0.600. The Kier molecular flexibility index (Phi) is 4.38. The molecule has 2 atom stereocenters. The molecule has 0 amide bonds. The summed E-state index contributed by atoms with van der Waals surface area (Å²) in [6.07, 6.45) is 2.52. The van der Waals surface area contributed by atoms with E-state index in [0.29, 0.717) is 25.1 Å². The minimum atomic E-state index is -0.0655. The van der Waals surface area contributed by atoms with Gasteiger partial charge in [0.05, 0.1) is 12.1 Å². The average molecular weight is 248 g/mol. The Labute approximate surface area is 110 Å². The highest BCUT2D eigenvalue weighted by atomic mass is 16.5. The third-order valence-electron chi connectivity index (χ3n) is 3.93. The van der Waals surface area contributed by atoms with Gasteiger partial charge in [-0.1, -0.05) is 30.3 Å². The molecule has 0 radical (unpaired) electrons. The summed E-state index contributed by atoms with van der Waals surface area (Å²) in [4.78, 5) is 0. The van der Waals surface area contributed by atoms with Crippen LogP contribution in [-0.4, -0.2) is 25.8 Å². The number of hydrogen-bond donors (Lipinski definition) is 2. The van der Waals surface area contributed by atoms with E-state index in [1.54, 1.807) is 7.11 Å². The Morgan fingerprint density at radius 2 is 2.06 bits per heavy atom. The van der Waals surface area contributed by atoms with Crippen molar-refractivity contribution in [3.8, 4) is 0 Å². The molecule has 0 aromatic heterocycles. The molecule has 18 heavy (non-hydrogen) atoms. The highest BCUT2D eigenvalue weighted by molar-refractivity contribution is 5.19. The lowest BCUT2D eigenvalue weighted by Gasteiger charge is -2.36. The Balaban J connectivity index is 2.08. The van der Waals surface area contributed by atoms with Crippen molar-refractivity contribution < 1.29 is 4.74 Å². The van der Waals surface area contributed by atoms with Crippen LogP contribution in [0.4, 0.5) is 0 Å². The smallest absolute Gasteiger partial charge is 0.0659 e. The van der Waals surface area contributed by atoms with Gasteiger partial charge in [-0.2, -0.15) is 0 Å². The van der Waals surface area contributed by atoms with E-state index >= 15 is 0 Å². The monoisotopic (exact) mass is 248 g/mol. The molecule has 0 heterocycles. The van der Waals surface area contributed by atoms with E-state index in [9.17, 15) is 0 Å². The van der Waals surface area contributed by atoms with E-state index in [2.05, 4.69) is 36.5 Å². The average Bonchev–Trinajstić information content (AvgIpc) is 3.24. The molecule has 1 aliphatic carbocycles. The van der Waals surface area contributed by atoms with Crippen LogP contribution in [0.3, 0.4) is 0 Å². The minimum Gasteiger partial charge on any atom is -0.383 e. The molecule has 0 aliphatic heterocycles. The molecular weight excluding hydrogens is 224 g/mol. The largest absolute Gasteiger partial charge is 0.383 e. The van der Waals surface area contributed by atoms with Crippen molar-refractivity contribution in [3.05, 3.63) is 35.9 Å². The molecule has 1 aliphatic rings. The zero-order valence-corrected chi connectivity index (χ0v) is 11.4. The summed E-state index contributed by atoms with van der Waals surface area (Å²) in [5.41, 5.74) is 7.25. The molecule has 1 aromatic rings. The summed E-state index contributed by atoms with van der Waals surface area (Å²) in [5, 5.41) is 3.71. The summed E-state index contributed by atoms with van der Waals surface area (Å²) in [6, 6.07) is 10.8. The van der Waals surface area contributed by atoms with Gasteiger partial charge in [-0.15, -0.1) is 0 Å². The maximum Gasteiger partial charge on any atom is 0.0659 e. The van der Waals surface area contributed by atoms with Crippen LogP contribution in [0, 0.1) is 5.92 Å². The van der Waals surface area contributed by atoms with Gasteiger partial charge in [-0.3, -0.25) is 0 Å². The van der Waals surface area contributed by atoms with Crippen molar-refractivity contribution in [3.63, 3.8) is 0 Å². The first-order valence-corrected chi connectivity index (χ1v) is 6.73. The molecule has 0 saturated heterocycles. The third kappa shape index (κ3) is 2.91. The van der Waals surface area contributed by atoms with Crippen LogP contribution in [-0.2, 0) is 4.74 Å². The van der Waals surface area contributed by atoms with Crippen molar-refractivity contribution in [2.75, 3.05) is 20.3 Å². The number of nitrogens with one attached hydrogen (secondary N) is 1. The second-order valence-corrected chi connectivity index (χ2v) is 5.34. The van der Waals surface area contributed by atoms with Gasteiger partial charge in [0, 0.05) is 19.7 Å². The molecule has 1 saturated carbocycles. The van der Waals surface area contributed by atoms with Crippen LogP contribution in [0.1, 0.15) is 31.4 Å². The lowest BCUT2D eigenvalue weighted by Crippen LogP contribution is -2.57. The van der Waals surface area contributed by atoms with Crippen LogP contribution < -0.4 is 11.1 Å². The van der Waals surface area contributed by atoms with E-state index in [1.165, 1.54) is 18.4 Å². The normalized spacial score (nSPS) is 20.4. The van der Waals surface area contributed by atoms with E-state index < -0.39 is 0 Å². The van der Waals surface area contributed by atoms with Crippen LogP contribution in [0.5, 0.6) is 0 Å². The van der Waals surface area contributed by atoms with E-state index in [1.807, 2.05) is 6.07 Å². The molecule has 1 fully saturated rings. The molecule has 0 spiro atoms. The summed E-state index contributed by atoms with van der Waals surface area (Å²) in [5.74, 6) is 0.661. The summed E-state index contributed by atoms with van der Waals surface area (Å²) < 4.78 is 5.39. The second-order valence-electron chi connectivity index (χ2n) is 5.34. The number of benzene rings is 1. The Morgan fingerprint density at radius 1 is 1.39 bits per heavy atom.